The van der Waals surface area contributed by atoms with E-state index < -0.39 is 0 Å². The van der Waals surface area contributed by atoms with Crippen molar-refractivity contribution < 1.29 is 14.3 Å². The summed E-state index contributed by atoms with van der Waals surface area (Å²) in [4.78, 5) is 24.4. The normalized spacial score (nSPS) is 15.5. The molecule has 1 aromatic heterocycles. The van der Waals surface area contributed by atoms with Gasteiger partial charge in [0.1, 0.15) is 4.32 Å². The lowest BCUT2D eigenvalue weighted by atomic mass is 10.1. The number of methoxy groups -OCH3 is 1. The quantitative estimate of drug-likeness (QED) is 0.495. The van der Waals surface area contributed by atoms with Gasteiger partial charge in [0.05, 0.1) is 17.6 Å². The van der Waals surface area contributed by atoms with Gasteiger partial charge in [-0.15, -0.1) is 0 Å². The molecule has 0 unspecified atom stereocenters. The third-order valence-corrected chi connectivity index (χ3v) is 5.43. The second kappa shape index (κ2) is 7.09. The number of carbonyl (C=O) groups excluding carboxylic acids is 2. The Bertz CT molecular complexity index is 973. The fourth-order valence-corrected chi connectivity index (χ4v) is 4.00. The molecule has 3 rings (SSSR count). The highest BCUT2D eigenvalue weighted by Gasteiger charge is 2.23. The minimum Gasteiger partial charge on any atom is -0.465 e. The number of aryl methyl sites for hydroxylation is 2. The highest BCUT2D eigenvalue weighted by molar-refractivity contribution is 8.26. The molecule has 1 fully saturated rings. The molecule has 1 aliphatic heterocycles. The number of rotatable bonds is 3. The largest absolute Gasteiger partial charge is 0.465 e. The summed E-state index contributed by atoms with van der Waals surface area (Å²) >= 11 is 6.30. The zero-order valence-electron chi connectivity index (χ0n) is 14.9. The van der Waals surface area contributed by atoms with Crippen LogP contribution < -0.4 is 5.32 Å². The van der Waals surface area contributed by atoms with Crippen molar-refractivity contribution in [3.05, 3.63) is 57.2 Å². The molecule has 134 valence electrons. The SMILES string of the molecule is COC(=O)c1ccc(C)c(-n2c(C)cc(/C=C3\SC(=S)NC3=O)c2C)c1. The van der Waals surface area contributed by atoms with Crippen molar-refractivity contribution in [2.45, 2.75) is 20.8 Å². The van der Waals surface area contributed by atoms with E-state index in [9.17, 15) is 9.59 Å². The average Bonchev–Trinajstić information content (AvgIpc) is 3.06. The van der Waals surface area contributed by atoms with E-state index in [-0.39, 0.29) is 11.9 Å². The highest BCUT2D eigenvalue weighted by Crippen LogP contribution is 2.30. The molecule has 1 N–H and O–H groups in total. The van der Waals surface area contributed by atoms with Crippen LogP contribution in [0, 0.1) is 20.8 Å². The maximum Gasteiger partial charge on any atom is 0.337 e. The summed E-state index contributed by atoms with van der Waals surface area (Å²) in [6.45, 7) is 5.97. The van der Waals surface area contributed by atoms with Crippen LogP contribution in [0.25, 0.3) is 11.8 Å². The van der Waals surface area contributed by atoms with Crippen molar-refractivity contribution >= 4 is 46.3 Å². The second-order valence-corrected chi connectivity index (χ2v) is 7.73. The fourth-order valence-electron chi connectivity index (χ4n) is 2.96. The van der Waals surface area contributed by atoms with Crippen LogP contribution in [0.3, 0.4) is 0 Å². The molecular weight excluding hydrogens is 368 g/mol. The molecule has 0 radical (unpaired) electrons. The smallest absolute Gasteiger partial charge is 0.337 e. The van der Waals surface area contributed by atoms with Crippen molar-refractivity contribution in [2.75, 3.05) is 7.11 Å². The van der Waals surface area contributed by atoms with E-state index in [0.29, 0.717) is 14.8 Å². The first-order chi connectivity index (χ1) is 12.3. The molecule has 0 atom stereocenters. The number of nitrogens with zero attached hydrogens (tertiary/aromatic N) is 1. The molecule has 1 aliphatic rings. The van der Waals surface area contributed by atoms with E-state index in [4.69, 9.17) is 17.0 Å². The van der Waals surface area contributed by atoms with Crippen LogP contribution in [-0.2, 0) is 9.53 Å². The van der Waals surface area contributed by atoms with E-state index in [0.717, 1.165) is 28.2 Å². The number of benzene rings is 1. The summed E-state index contributed by atoms with van der Waals surface area (Å²) in [5.41, 5.74) is 5.36. The first kappa shape index (κ1) is 18.4. The van der Waals surface area contributed by atoms with E-state index >= 15 is 0 Å². The molecule has 2 aromatic rings. The number of thioether (sulfide) groups is 1. The Morgan fingerprint density at radius 3 is 2.62 bits per heavy atom. The summed E-state index contributed by atoms with van der Waals surface area (Å²) in [5.74, 6) is -0.544. The topological polar surface area (TPSA) is 60.3 Å². The molecule has 26 heavy (non-hydrogen) atoms. The van der Waals surface area contributed by atoms with Crippen LogP contribution in [0.4, 0.5) is 0 Å². The summed E-state index contributed by atoms with van der Waals surface area (Å²) < 4.78 is 7.37. The molecule has 0 spiro atoms. The summed E-state index contributed by atoms with van der Waals surface area (Å²) in [6.07, 6.45) is 1.84. The minimum atomic E-state index is -0.372. The minimum absolute atomic E-state index is 0.173. The number of carbonyl (C=O) groups is 2. The van der Waals surface area contributed by atoms with E-state index in [1.807, 2.05) is 45.0 Å². The van der Waals surface area contributed by atoms with Gasteiger partial charge in [-0.3, -0.25) is 4.79 Å². The Morgan fingerprint density at radius 1 is 1.27 bits per heavy atom. The maximum absolute atomic E-state index is 11.9. The Labute approximate surface area is 161 Å². The molecular formula is C19H18N2O3S2. The van der Waals surface area contributed by atoms with Gasteiger partial charge in [-0.05, 0) is 56.2 Å². The van der Waals surface area contributed by atoms with E-state index in [2.05, 4.69) is 9.88 Å². The Balaban J connectivity index is 2.10. The third-order valence-electron chi connectivity index (χ3n) is 4.27. The lowest BCUT2D eigenvalue weighted by molar-refractivity contribution is -0.115. The number of aromatic nitrogens is 1. The third kappa shape index (κ3) is 3.32. The van der Waals surface area contributed by atoms with Crippen molar-refractivity contribution in [3.63, 3.8) is 0 Å². The summed E-state index contributed by atoms with van der Waals surface area (Å²) in [7, 11) is 1.37. The monoisotopic (exact) mass is 386 g/mol. The molecule has 0 saturated carbocycles. The predicted octanol–water partition coefficient (Wildman–Crippen LogP) is 3.68. The molecule has 7 heteroatoms. The van der Waals surface area contributed by atoms with Crippen LogP contribution in [0.5, 0.6) is 0 Å². The number of hydrogen-bond donors (Lipinski definition) is 1. The Kier molecular flexibility index (Phi) is 5.02. The molecule has 1 aromatic carbocycles. The molecule has 1 amide bonds. The molecule has 0 aliphatic carbocycles. The van der Waals surface area contributed by atoms with Gasteiger partial charge in [0, 0.05) is 17.1 Å². The second-order valence-electron chi connectivity index (χ2n) is 6.01. The van der Waals surface area contributed by atoms with Gasteiger partial charge in [-0.1, -0.05) is 30.0 Å². The van der Waals surface area contributed by atoms with Gasteiger partial charge in [0.15, 0.2) is 0 Å². The van der Waals surface area contributed by atoms with E-state index in [1.54, 1.807) is 6.07 Å². The fraction of sp³-hybridized carbons (Fsp3) is 0.211. The first-order valence-electron chi connectivity index (χ1n) is 7.95. The van der Waals surface area contributed by atoms with E-state index in [1.165, 1.54) is 18.9 Å². The summed E-state index contributed by atoms with van der Waals surface area (Å²) in [5, 5.41) is 2.62. The van der Waals surface area contributed by atoms with Gasteiger partial charge in [0.25, 0.3) is 5.91 Å². The molecule has 1 saturated heterocycles. The molecule has 5 nitrogen and oxygen atoms in total. The lowest BCUT2D eigenvalue weighted by Gasteiger charge is -2.14. The van der Waals surface area contributed by atoms with Crippen LogP contribution in [-0.4, -0.2) is 27.9 Å². The van der Waals surface area contributed by atoms with Crippen molar-refractivity contribution in [3.8, 4) is 5.69 Å². The van der Waals surface area contributed by atoms with Crippen molar-refractivity contribution in [2.24, 2.45) is 0 Å². The van der Waals surface area contributed by atoms with Gasteiger partial charge in [0.2, 0.25) is 0 Å². The number of esters is 1. The number of nitrogens with one attached hydrogen (secondary N) is 1. The van der Waals surface area contributed by atoms with Gasteiger partial charge < -0.3 is 14.6 Å². The number of amides is 1. The predicted molar refractivity (Wildman–Crippen MR) is 108 cm³/mol. The highest BCUT2D eigenvalue weighted by atomic mass is 32.2. The first-order valence-corrected chi connectivity index (χ1v) is 9.17. The van der Waals surface area contributed by atoms with Gasteiger partial charge in [-0.25, -0.2) is 4.79 Å². The van der Waals surface area contributed by atoms with Crippen LogP contribution in [0.1, 0.15) is 32.9 Å². The van der Waals surface area contributed by atoms with Gasteiger partial charge in [-0.2, -0.15) is 0 Å². The number of hydrogen-bond acceptors (Lipinski definition) is 5. The zero-order chi connectivity index (χ0) is 19.0. The average molecular weight is 386 g/mol. The summed E-state index contributed by atoms with van der Waals surface area (Å²) in [6, 6.07) is 7.49. The number of thiocarbonyl (C=S) groups is 1. The van der Waals surface area contributed by atoms with Gasteiger partial charge >= 0.3 is 5.97 Å². The number of ether oxygens (including phenoxy) is 1. The lowest BCUT2D eigenvalue weighted by Crippen LogP contribution is -2.17. The Hall–Kier alpha value is -2.38. The molecule has 0 bridgehead atoms. The standard InChI is InChI=1S/C19H18N2O3S2/c1-10-5-6-13(18(23)24-4)8-15(10)21-11(2)7-14(12(21)3)9-16-17(22)20-19(25)26-16/h5-9H,1-4H3,(H,20,22,25)/b16-9-. The Morgan fingerprint density at radius 2 is 2.00 bits per heavy atom. The maximum atomic E-state index is 11.9. The zero-order valence-corrected chi connectivity index (χ0v) is 16.5. The van der Waals surface area contributed by atoms with Crippen LogP contribution in [0.15, 0.2) is 29.2 Å². The van der Waals surface area contributed by atoms with Crippen LogP contribution in [0.2, 0.25) is 0 Å². The molecule has 2 heterocycles. The van der Waals surface area contributed by atoms with Crippen LogP contribution >= 0.6 is 24.0 Å². The van der Waals surface area contributed by atoms with Crippen molar-refractivity contribution in [1.82, 2.24) is 9.88 Å². The van der Waals surface area contributed by atoms with Crippen molar-refractivity contribution in [1.29, 1.82) is 0 Å².